The van der Waals surface area contributed by atoms with Gasteiger partial charge in [0.05, 0.1) is 78.6 Å². The van der Waals surface area contributed by atoms with Crippen LogP contribution in [-0.4, -0.2) is 304 Å². The molecular formula is C68H102N8O33. The van der Waals surface area contributed by atoms with Crippen molar-refractivity contribution < 1.29 is 157 Å². The van der Waals surface area contributed by atoms with E-state index < -0.39 is 220 Å². The van der Waals surface area contributed by atoms with Crippen LogP contribution in [0.25, 0.3) is 0 Å². The lowest BCUT2D eigenvalue weighted by atomic mass is 9.96. The lowest BCUT2D eigenvalue weighted by Gasteiger charge is -2.44. The van der Waals surface area contributed by atoms with Gasteiger partial charge < -0.3 is 123 Å². The highest BCUT2D eigenvalue weighted by Gasteiger charge is 2.54. The first kappa shape index (κ1) is 92.2. The largest absolute Gasteiger partial charge is 0.463 e. The van der Waals surface area contributed by atoms with E-state index in [1.54, 1.807) is 24.3 Å². The lowest BCUT2D eigenvalue weighted by Crippen LogP contribution is -2.66. The molecule has 109 heavy (non-hydrogen) atoms. The van der Waals surface area contributed by atoms with Crippen molar-refractivity contribution in [3.8, 4) is 0 Å². The molecule has 3 saturated heterocycles. The van der Waals surface area contributed by atoms with E-state index >= 15 is 0 Å². The van der Waals surface area contributed by atoms with E-state index in [2.05, 4.69) is 31.9 Å². The highest BCUT2D eigenvalue weighted by atomic mass is 16.7. The number of carbonyl (C=O) groups is 15. The maximum atomic E-state index is 14.6. The molecule has 3 fully saturated rings. The van der Waals surface area contributed by atoms with Gasteiger partial charge in [0.15, 0.2) is 55.5 Å². The average molecular weight is 1560 g/mol. The summed E-state index contributed by atoms with van der Waals surface area (Å²) in [6.07, 6.45) is -16.2. The third-order valence-corrected chi connectivity index (χ3v) is 15.6. The zero-order valence-electron chi connectivity index (χ0n) is 63.0. The number of hydrogen-bond donors (Lipinski definition) is 7. The van der Waals surface area contributed by atoms with Gasteiger partial charge >= 0.3 is 53.7 Å². The first-order valence-electron chi connectivity index (χ1n) is 34.8. The molecule has 6 amide bonds. The van der Waals surface area contributed by atoms with Gasteiger partial charge in [0.25, 0.3) is 0 Å². The summed E-state index contributed by atoms with van der Waals surface area (Å²) in [4.78, 5) is 190. The summed E-state index contributed by atoms with van der Waals surface area (Å²) in [6.45, 7) is 9.04. The molecule has 1 aromatic carbocycles. The van der Waals surface area contributed by atoms with Gasteiger partial charge in [-0.2, -0.15) is 0 Å². The Hall–Kier alpha value is -9.17. The van der Waals surface area contributed by atoms with Crippen molar-refractivity contribution in [2.45, 2.75) is 194 Å². The fourth-order valence-electron chi connectivity index (χ4n) is 11.3. The highest BCUT2D eigenvalue weighted by Crippen LogP contribution is 2.31. The Balaban J connectivity index is 1.52. The third-order valence-electron chi connectivity index (χ3n) is 15.6. The smallest absolute Gasteiger partial charge is 0.303 e. The fraction of sp³-hybridized carbons (Fsp3) is 0.691. The molecule has 3 aliphatic rings. The summed E-state index contributed by atoms with van der Waals surface area (Å²) in [6, 6.07) is 1.90. The van der Waals surface area contributed by atoms with Gasteiger partial charge in [0.1, 0.15) is 56.3 Å². The summed E-state index contributed by atoms with van der Waals surface area (Å²) in [5.74, 6) is -10.8. The molecule has 41 nitrogen and oxygen atoms in total. The Bertz CT molecular complexity index is 3080. The predicted molar refractivity (Wildman–Crippen MR) is 365 cm³/mol. The molecule has 0 aliphatic carbocycles. The molecular weight excluding hydrogens is 1460 g/mol. The van der Waals surface area contributed by atoms with E-state index in [1.807, 2.05) is 0 Å². The number of ether oxygens (including phenoxy) is 18. The molecule has 0 spiro atoms. The summed E-state index contributed by atoms with van der Waals surface area (Å²) in [5.41, 5.74) is 7.25. The first-order valence-corrected chi connectivity index (χ1v) is 34.8. The second kappa shape index (κ2) is 48.4. The van der Waals surface area contributed by atoms with Crippen LogP contribution in [0, 0.1) is 0 Å². The van der Waals surface area contributed by atoms with Gasteiger partial charge in [0, 0.05) is 109 Å². The van der Waals surface area contributed by atoms with Crippen LogP contribution in [0.5, 0.6) is 0 Å². The Kier molecular flexibility index (Phi) is 40.9. The quantitative estimate of drug-likeness (QED) is 0.0185. The molecule has 0 radical (unpaired) electrons. The van der Waals surface area contributed by atoms with Crippen molar-refractivity contribution in [2.24, 2.45) is 5.73 Å². The van der Waals surface area contributed by atoms with Crippen molar-refractivity contribution in [1.29, 1.82) is 0 Å². The fourth-order valence-corrected chi connectivity index (χ4v) is 11.3. The van der Waals surface area contributed by atoms with E-state index in [4.69, 9.17) is 91.0 Å². The number of nitrogens with one attached hydrogen (secondary N) is 6. The minimum Gasteiger partial charge on any atom is -0.463 e. The Labute approximate surface area is 628 Å². The molecule has 4 rings (SSSR count). The molecule has 16 atom stereocenters. The average Bonchev–Trinajstić information content (AvgIpc) is 0.799. The van der Waals surface area contributed by atoms with Crippen molar-refractivity contribution in [2.75, 3.05) is 112 Å². The number of hydrogen-bond acceptors (Lipinski definition) is 35. The van der Waals surface area contributed by atoms with Gasteiger partial charge in [-0.05, 0) is 17.5 Å². The number of benzene rings is 1. The second-order valence-electron chi connectivity index (χ2n) is 24.7. The Morgan fingerprint density at radius 2 is 0.661 bits per heavy atom. The molecule has 0 aromatic heterocycles. The Morgan fingerprint density at radius 3 is 0.936 bits per heavy atom. The minimum atomic E-state index is -1.40. The predicted octanol–water partition coefficient (Wildman–Crippen LogP) is -4.23. The standard InChI is InChI=1S/C68H102N8O33/c1-36(77)73-56-62(104-45(10)86)59(101-42(7)83)51(33-98-39(4)80)107-66(56)95-26-23-92-20-17-70-54(89)31-76(32-55(90)71-18-21-93-24-27-96-67-57(74-37(2)78)63(105-46(11)87)60(102-43(8)84)52(108-67)34-99-40(5)81)50(29-48-13-15-49(30-69)16-14-48)65(91)72-19-22-94-25-28-97-68-58(75-38(3)79)64(106-47(12)88)61(103-44(9)85)53(109-68)35-100-41(6)82/h13-16,50-53,56-64,66-68H,17-35,69H2,1-12H3,(H,70,89)(H,71,90)(H,72,91)(H,73,77)(H,74,78)(H,75,79). The van der Waals surface area contributed by atoms with Gasteiger partial charge in [-0.1, -0.05) is 24.3 Å². The topological polar surface area (TPSA) is 524 Å². The van der Waals surface area contributed by atoms with Gasteiger partial charge in [-0.3, -0.25) is 76.8 Å². The van der Waals surface area contributed by atoms with Crippen LogP contribution < -0.4 is 37.6 Å². The summed E-state index contributed by atoms with van der Waals surface area (Å²) in [5, 5.41) is 16.0. The zero-order chi connectivity index (χ0) is 80.9. The van der Waals surface area contributed by atoms with Crippen LogP contribution in [-0.2, 0) is 170 Å². The molecule has 8 N–H and O–H groups in total. The van der Waals surface area contributed by atoms with Crippen molar-refractivity contribution >= 4 is 89.2 Å². The van der Waals surface area contributed by atoms with Crippen LogP contribution in [0.15, 0.2) is 24.3 Å². The molecule has 3 aliphatic heterocycles. The van der Waals surface area contributed by atoms with Crippen LogP contribution in [0.1, 0.15) is 94.2 Å². The van der Waals surface area contributed by atoms with E-state index in [0.717, 1.165) is 67.9 Å². The molecule has 0 saturated carbocycles. The molecule has 16 unspecified atom stereocenters. The number of carbonyl (C=O) groups excluding carboxylic acids is 15. The van der Waals surface area contributed by atoms with Crippen molar-refractivity contribution in [1.82, 2.24) is 36.8 Å². The second-order valence-corrected chi connectivity index (χ2v) is 24.7. The number of nitrogens with two attached hydrogens (primary N) is 1. The molecule has 41 heteroatoms. The van der Waals surface area contributed by atoms with Gasteiger partial charge in [0.2, 0.25) is 35.4 Å². The normalized spacial score (nSPS) is 23.9. The van der Waals surface area contributed by atoms with Crippen LogP contribution in [0.2, 0.25) is 0 Å². The lowest BCUT2D eigenvalue weighted by molar-refractivity contribution is -0.279. The Morgan fingerprint density at radius 1 is 0.376 bits per heavy atom. The SMILES string of the molecule is CC(=O)NC1C(OCCOCCNC(=O)CN(CC(=O)NCCOCCOC2OC(COC(C)=O)C(OC(C)=O)C(OC(C)=O)C2NC(C)=O)C(Cc2ccc(CN)cc2)C(=O)NCCOCCOC2OC(COC(C)=O)C(OC(C)=O)C(OC(C)=O)C2NC(C)=O)OC(COC(C)=O)C(OC(C)=O)C1OC(C)=O. The first-order chi connectivity index (χ1) is 51.6. The molecule has 3 heterocycles. The van der Waals surface area contributed by atoms with Crippen molar-refractivity contribution in [3.63, 3.8) is 0 Å². The van der Waals surface area contributed by atoms with Gasteiger partial charge in [-0.15, -0.1) is 0 Å². The summed E-state index contributed by atoms with van der Waals surface area (Å²) >= 11 is 0. The zero-order valence-corrected chi connectivity index (χ0v) is 63.0. The number of esters is 9. The van der Waals surface area contributed by atoms with Crippen LogP contribution in [0.3, 0.4) is 0 Å². The number of nitrogens with zero attached hydrogens (tertiary/aromatic N) is 1. The van der Waals surface area contributed by atoms with Crippen molar-refractivity contribution in [3.05, 3.63) is 35.4 Å². The van der Waals surface area contributed by atoms with Gasteiger partial charge in [-0.25, -0.2) is 0 Å². The molecule has 0 bridgehead atoms. The summed E-state index contributed by atoms with van der Waals surface area (Å²) < 4.78 is 102. The molecule has 612 valence electrons. The maximum Gasteiger partial charge on any atom is 0.303 e. The number of rotatable bonds is 45. The third kappa shape index (κ3) is 34.5. The number of amides is 6. The summed E-state index contributed by atoms with van der Waals surface area (Å²) in [7, 11) is 0. The van der Waals surface area contributed by atoms with E-state index in [-0.39, 0.29) is 92.1 Å². The maximum absolute atomic E-state index is 14.6. The van der Waals surface area contributed by atoms with E-state index in [9.17, 15) is 71.9 Å². The van der Waals surface area contributed by atoms with Crippen LogP contribution in [0.4, 0.5) is 0 Å². The van der Waals surface area contributed by atoms with E-state index in [0.29, 0.717) is 5.56 Å². The van der Waals surface area contributed by atoms with Crippen LogP contribution >= 0.6 is 0 Å². The highest BCUT2D eigenvalue weighted by molar-refractivity contribution is 5.86. The van der Waals surface area contributed by atoms with E-state index in [1.165, 1.54) is 25.7 Å². The monoisotopic (exact) mass is 1560 g/mol. The molecule has 1 aromatic rings. The minimum absolute atomic E-state index is 0.0752.